The Morgan fingerprint density at radius 1 is 1.06 bits per heavy atom. The fourth-order valence-corrected chi connectivity index (χ4v) is 3.82. The number of nitrogens with zero attached hydrogens (tertiary/aromatic N) is 4. The van der Waals surface area contributed by atoms with Gasteiger partial charge in [-0.1, -0.05) is 57.6 Å². The molecule has 1 atom stereocenters. The van der Waals surface area contributed by atoms with E-state index in [-0.39, 0.29) is 23.0 Å². The van der Waals surface area contributed by atoms with E-state index in [1.54, 1.807) is 0 Å². The number of aromatic nitrogens is 1. The third-order valence-corrected chi connectivity index (χ3v) is 5.57. The van der Waals surface area contributed by atoms with Crippen LogP contribution in [0.2, 0.25) is 0 Å². The molecule has 1 aromatic carbocycles. The Hall–Kier alpha value is -3.98. The van der Waals surface area contributed by atoms with E-state index in [0.29, 0.717) is 18.0 Å². The van der Waals surface area contributed by atoms with E-state index >= 15 is 0 Å². The van der Waals surface area contributed by atoms with Gasteiger partial charge in [-0.2, -0.15) is 10.5 Å². The lowest BCUT2D eigenvalue weighted by atomic mass is 9.95. The SMILES string of the molecule is CCCCCCCCCOc1ccc(C2N=C(NC#N)Nc3nc(N)c(C#N)c(N)c32)cc1. The van der Waals surface area contributed by atoms with Gasteiger partial charge in [-0.05, 0) is 24.1 Å². The van der Waals surface area contributed by atoms with Crippen LogP contribution < -0.4 is 26.8 Å². The largest absolute Gasteiger partial charge is 0.494 e. The molecule has 1 unspecified atom stereocenters. The van der Waals surface area contributed by atoms with Gasteiger partial charge < -0.3 is 21.5 Å². The van der Waals surface area contributed by atoms with Gasteiger partial charge in [0.05, 0.1) is 12.3 Å². The van der Waals surface area contributed by atoms with Gasteiger partial charge in [0.25, 0.3) is 0 Å². The standard InChI is InChI=1S/C24H30N8O/c1-2-3-4-5-6-7-8-13-33-17-11-9-16(10-12-17)21-19-20(27)18(14-25)22(28)31-23(19)32-24(30-21)29-15-26/h9-12,21H,2-8,13H2,1H3,(H6,27,28,29,30,31,32). The fraction of sp³-hybridized carbons (Fsp3) is 0.417. The van der Waals surface area contributed by atoms with Gasteiger partial charge in [0.1, 0.15) is 35.1 Å². The number of nitrogens with one attached hydrogen (secondary N) is 2. The first-order chi connectivity index (χ1) is 16.1. The van der Waals surface area contributed by atoms with Crippen LogP contribution in [0.15, 0.2) is 29.3 Å². The number of fused-ring (bicyclic) bond motifs is 1. The topological polar surface area (TPSA) is 158 Å². The molecule has 0 bridgehead atoms. The Morgan fingerprint density at radius 2 is 1.76 bits per heavy atom. The van der Waals surface area contributed by atoms with Crippen LogP contribution in [0.3, 0.4) is 0 Å². The second-order valence-electron chi connectivity index (χ2n) is 7.94. The van der Waals surface area contributed by atoms with E-state index in [4.69, 9.17) is 21.5 Å². The maximum Gasteiger partial charge on any atom is 0.211 e. The summed E-state index contributed by atoms with van der Waals surface area (Å²) < 4.78 is 5.88. The summed E-state index contributed by atoms with van der Waals surface area (Å²) in [5.74, 6) is 1.39. The van der Waals surface area contributed by atoms with Crippen molar-refractivity contribution in [3.8, 4) is 18.0 Å². The number of unbranched alkanes of at least 4 members (excludes halogenated alkanes) is 6. The predicted octanol–water partition coefficient (Wildman–Crippen LogP) is 4.19. The van der Waals surface area contributed by atoms with Crippen molar-refractivity contribution in [3.05, 3.63) is 41.0 Å². The Bertz CT molecular complexity index is 1070. The zero-order valence-corrected chi connectivity index (χ0v) is 18.9. The van der Waals surface area contributed by atoms with Crippen LogP contribution in [0.5, 0.6) is 5.75 Å². The highest BCUT2D eigenvalue weighted by atomic mass is 16.5. The number of hydrogen-bond acceptors (Lipinski definition) is 9. The third kappa shape index (κ3) is 5.83. The lowest BCUT2D eigenvalue weighted by molar-refractivity contribution is 0.304. The number of guanidine groups is 1. The number of benzene rings is 1. The molecule has 9 heteroatoms. The fourth-order valence-electron chi connectivity index (χ4n) is 3.82. The van der Waals surface area contributed by atoms with Crippen molar-refractivity contribution >= 4 is 23.3 Å². The summed E-state index contributed by atoms with van der Waals surface area (Å²) in [4.78, 5) is 8.82. The Balaban J connectivity index is 1.71. The van der Waals surface area contributed by atoms with Crippen LogP contribution in [0.25, 0.3) is 0 Å². The average Bonchev–Trinajstić information content (AvgIpc) is 2.81. The van der Waals surface area contributed by atoms with Crippen LogP contribution >= 0.6 is 0 Å². The summed E-state index contributed by atoms with van der Waals surface area (Å²) in [7, 11) is 0. The molecule has 1 aliphatic heterocycles. The minimum absolute atomic E-state index is 0.0207. The summed E-state index contributed by atoms with van der Waals surface area (Å²) in [5, 5.41) is 23.8. The van der Waals surface area contributed by atoms with Crippen molar-refractivity contribution in [1.29, 1.82) is 10.5 Å². The van der Waals surface area contributed by atoms with Crippen molar-refractivity contribution in [2.75, 3.05) is 23.4 Å². The number of ether oxygens (including phenoxy) is 1. The smallest absolute Gasteiger partial charge is 0.211 e. The highest BCUT2D eigenvalue weighted by molar-refractivity contribution is 5.98. The average molecular weight is 447 g/mol. The molecule has 9 nitrogen and oxygen atoms in total. The highest BCUT2D eigenvalue weighted by Gasteiger charge is 2.29. The molecule has 0 saturated carbocycles. The molecule has 2 heterocycles. The van der Waals surface area contributed by atoms with Gasteiger partial charge in [0.15, 0.2) is 6.19 Å². The predicted molar refractivity (Wildman–Crippen MR) is 129 cm³/mol. The molecule has 33 heavy (non-hydrogen) atoms. The van der Waals surface area contributed by atoms with E-state index in [1.165, 1.54) is 38.5 Å². The zero-order chi connectivity index (χ0) is 23.6. The van der Waals surface area contributed by atoms with Crippen molar-refractivity contribution in [3.63, 3.8) is 0 Å². The molecular weight excluding hydrogens is 416 g/mol. The van der Waals surface area contributed by atoms with Gasteiger partial charge in [-0.3, -0.25) is 5.32 Å². The van der Waals surface area contributed by atoms with E-state index in [2.05, 4.69) is 27.5 Å². The number of aliphatic imine (C=N–C) groups is 1. The highest BCUT2D eigenvalue weighted by Crippen LogP contribution is 2.40. The minimum Gasteiger partial charge on any atom is -0.494 e. The van der Waals surface area contributed by atoms with E-state index in [9.17, 15) is 5.26 Å². The molecule has 3 rings (SSSR count). The van der Waals surface area contributed by atoms with Crippen LogP contribution in [0.4, 0.5) is 17.3 Å². The Kier molecular flexibility index (Phi) is 8.31. The van der Waals surface area contributed by atoms with Crippen molar-refractivity contribution in [2.45, 2.75) is 57.9 Å². The number of nitrogen functional groups attached to an aromatic ring is 2. The summed E-state index contributed by atoms with van der Waals surface area (Å²) in [6.45, 7) is 2.90. The first-order valence-corrected chi connectivity index (χ1v) is 11.3. The van der Waals surface area contributed by atoms with Gasteiger partial charge in [-0.15, -0.1) is 0 Å². The monoisotopic (exact) mass is 446 g/mol. The first kappa shape index (κ1) is 23.7. The number of rotatable bonds is 10. The van der Waals surface area contributed by atoms with E-state index < -0.39 is 6.04 Å². The Morgan fingerprint density at radius 3 is 2.42 bits per heavy atom. The maximum atomic E-state index is 9.43. The lowest BCUT2D eigenvalue weighted by Gasteiger charge is -2.26. The maximum absolute atomic E-state index is 9.43. The number of hydrogen-bond donors (Lipinski definition) is 4. The molecule has 0 spiro atoms. The first-order valence-electron chi connectivity index (χ1n) is 11.3. The van der Waals surface area contributed by atoms with Crippen LogP contribution in [0.1, 0.15) is 74.6 Å². The molecular formula is C24H30N8O. The van der Waals surface area contributed by atoms with Crippen LogP contribution in [-0.4, -0.2) is 17.6 Å². The molecule has 1 aromatic heterocycles. The van der Waals surface area contributed by atoms with Crippen LogP contribution in [0, 0.1) is 22.8 Å². The zero-order valence-electron chi connectivity index (χ0n) is 18.9. The van der Waals surface area contributed by atoms with Crippen molar-refractivity contribution < 1.29 is 4.74 Å². The third-order valence-electron chi connectivity index (χ3n) is 5.57. The van der Waals surface area contributed by atoms with E-state index in [0.717, 1.165) is 17.7 Å². The molecule has 0 saturated heterocycles. The minimum atomic E-state index is -0.561. The normalized spacial score (nSPS) is 14.3. The van der Waals surface area contributed by atoms with Crippen molar-refractivity contribution in [2.24, 2.45) is 4.99 Å². The Labute approximate surface area is 194 Å². The lowest BCUT2D eigenvalue weighted by Crippen LogP contribution is -2.32. The summed E-state index contributed by atoms with van der Waals surface area (Å²) in [5.41, 5.74) is 13.8. The molecule has 172 valence electrons. The second kappa shape index (κ2) is 11.6. The number of nitriles is 2. The number of nitrogens with two attached hydrogens (primary N) is 2. The van der Waals surface area contributed by atoms with Gasteiger partial charge >= 0.3 is 0 Å². The summed E-state index contributed by atoms with van der Waals surface area (Å²) in [6, 6.07) is 9.01. The van der Waals surface area contributed by atoms with Gasteiger partial charge in [-0.25, -0.2) is 9.98 Å². The molecule has 2 aromatic rings. The number of pyridine rings is 1. The molecule has 0 aliphatic carbocycles. The van der Waals surface area contributed by atoms with E-state index in [1.807, 2.05) is 36.5 Å². The van der Waals surface area contributed by atoms with Gasteiger partial charge in [0, 0.05) is 5.56 Å². The molecule has 0 fully saturated rings. The van der Waals surface area contributed by atoms with Gasteiger partial charge in [0.2, 0.25) is 5.96 Å². The molecule has 0 amide bonds. The second-order valence-corrected chi connectivity index (χ2v) is 7.94. The molecule has 1 aliphatic rings. The molecule has 6 N–H and O–H groups in total. The van der Waals surface area contributed by atoms with Crippen molar-refractivity contribution in [1.82, 2.24) is 10.3 Å². The quantitative estimate of drug-likeness (QED) is 0.240. The summed E-state index contributed by atoms with van der Waals surface area (Å²) in [6.07, 6.45) is 10.5. The summed E-state index contributed by atoms with van der Waals surface area (Å²) >= 11 is 0. The number of anilines is 3. The molecule has 0 radical (unpaired) electrons. The van der Waals surface area contributed by atoms with Crippen LogP contribution in [-0.2, 0) is 0 Å².